The van der Waals surface area contributed by atoms with Crippen molar-refractivity contribution < 1.29 is 0 Å². The number of benzene rings is 1. The molecule has 0 bridgehead atoms. The van der Waals surface area contributed by atoms with Crippen LogP contribution >= 0.6 is 23.4 Å². The summed E-state index contributed by atoms with van der Waals surface area (Å²) in [7, 11) is 1.96. The fraction of sp³-hybridized carbons (Fsp3) is 0.400. The number of hydrogen-bond acceptors (Lipinski definition) is 3. The van der Waals surface area contributed by atoms with Gasteiger partial charge in [0.05, 0.1) is 10.7 Å². The van der Waals surface area contributed by atoms with Crippen molar-refractivity contribution in [3.63, 3.8) is 0 Å². The molecule has 0 unspecified atom stereocenters. The lowest BCUT2D eigenvalue weighted by Gasteiger charge is -2.08. The zero-order valence-corrected chi connectivity index (χ0v) is 13.7. The molecule has 5 heteroatoms. The van der Waals surface area contributed by atoms with Crippen LogP contribution in [-0.2, 0) is 13.6 Å². The number of nitrogens with zero attached hydrogens (tertiary/aromatic N) is 2. The maximum Gasteiger partial charge on any atom is 0.0986 e. The lowest BCUT2D eigenvalue weighted by atomic mass is 10.2. The van der Waals surface area contributed by atoms with E-state index in [0.717, 1.165) is 45.7 Å². The van der Waals surface area contributed by atoms with Gasteiger partial charge in [-0.3, -0.25) is 4.68 Å². The van der Waals surface area contributed by atoms with E-state index in [9.17, 15) is 0 Å². The van der Waals surface area contributed by atoms with Crippen LogP contribution in [0.5, 0.6) is 0 Å². The first-order valence-electron chi connectivity index (χ1n) is 6.77. The van der Waals surface area contributed by atoms with E-state index in [-0.39, 0.29) is 0 Å². The minimum absolute atomic E-state index is 0.817. The van der Waals surface area contributed by atoms with E-state index in [0.29, 0.717) is 0 Å². The molecule has 0 spiro atoms. The summed E-state index contributed by atoms with van der Waals surface area (Å²) in [5, 5.41) is 9.66. The molecule has 1 aromatic carbocycles. The monoisotopic (exact) mass is 309 g/mol. The van der Waals surface area contributed by atoms with Crippen molar-refractivity contribution in [2.24, 2.45) is 7.05 Å². The molecule has 0 saturated carbocycles. The highest BCUT2D eigenvalue weighted by Crippen LogP contribution is 2.31. The van der Waals surface area contributed by atoms with E-state index >= 15 is 0 Å². The molecular weight excluding hydrogens is 290 g/mol. The minimum Gasteiger partial charge on any atom is -0.313 e. The van der Waals surface area contributed by atoms with E-state index in [4.69, 9.17) is 11.6 Å². The fourth-order valence-electron chi connectivity index (χ4n) is 1.94. The molecule has 0 aliphatic rings. The molecule has 2 aromatic rings. The van der Waals surface area contributed by atoms with Gasteiger partial charge >= 0.3 is 0 Å². The normalized spacial score (nSPS) is 11.0. The Morgan fingerprint density at radius 3 is 2.75 bits per heavy atom. The maximum absolute atomic E-state index is 6.34. The van der Waals surface area contributed by atoms with Crippen molar-refractivity contribution >= 4 is 23.4 Å². The molecule has 1 aromatic heterocycles. The number of aryl methyl sites for hydroxylation is 2. The van der Waals surface area contributed by atoms with E-state index in [1.165, 1.54) is 0 Å². The van der Waals surface area contributed by atoms with Crippen molar-refractivity contribution in [3.05, 3.63) is 40.5 Å². The van der Waals surface area contributed by atoms with Gasteiger partial charge in [-0.2, -0.15) is 5.10 Å². The zero-order valence-electron chi connectivity index (χ0n) is 12.1. The third-order valence-corrected chi connectivity index (χ3v) is 4.38. The van der Waals surface area contributed by atoms with E-state index in [1.54, 1.807) is 11.8 Å². The Hall–Kier alpha value is -0.970. The van der Waals surface area contributed by atoms with E-state index in [2.05, 4.69) is 35.5 Å². The van der Waals surface area contributed by atoms with Crippen LogP contribution in [0.2, 0.25) is 5.02 Å². The van der Waals surface area contributed by atoms with Crippen LogP contribution in [0.1, 0.15) is 24.6 Å². The Balaban J connectivity index is 2.07. The van der Waals surface area contributed by atoms with Crippen LogP contribution < -0.4 is 5.32 Å². The van der Waals surface area contributed by atoms with Gasteiger partial charge in [-0.05, 0) is 43.7 Å². The van der Waals surface area contributed by atoms with Crippen molar-refractivity contribution in [1.29, 1.82) is 0 Å². The van der Waals surface area contributed by atoms with Gasteiger partial charge in [0.2, 0.25) is 0 Å². The van der Waals surface area contributed by atoms with Gasteiger partial charge in [0.15, 0.2) is 0 Å². The van der Waals surface area contributed by atoms with Gasteiger partial charge in [-0.15, -0.1) is 0 Å². The SMILES string of the molecule is CCCNCc1ccc(Sc2cc(C)nn2C)cc1Cl. The summed E-state index contributed by atoms with van der Waals surface area (Å²) >= 11 is 8.03. The third kappa shape index (κ3) is 4.01. The highest BCUT2D eigenvalue weighted by Gasteiger charge is 2.07. The second kappa shape index (κ2) is 7.16. The minimum atomic E-state index is 0.817. The number of hydrogen-bond donors (Lipinski definition) is 1. The van der Waals surface area contributed by atoms with Gasteiger partial charge < -0.3 is 5.32 Å². The standard InChI is InChI=1S/C15H20ClN3S/c1-4-7-17-10-12-5-6-13(9-14(12)16)20-15-8-11(2)18-19(15)3/h5-6,8-9,17H,4,7,10H2,1-3H3. The Kier molecular flexibility index (Phi) is 5.52. The number of halogens is 1. The van der Waals surface area contributed by atoms with Crippen molar-refractivity contribution in [3.8, 4) is 0 Å². The second-order valence-corrected chi connectivity index (χ2v) is 6.28. The number of aromatic nitrogens is 2. The van der Waals surface area contributed by atoms with Crippen LogP contribution in [0.25, 0.3) is 0 Å². The Bertz CT molecular complexity index is 580. The molecule has 0 saturated heterocycles. The first kappa shape index (κ1) is 15.4. The maximum atomic E-state index is 6.34. The van der Waals surface area contributed by atoms with E-state index < -0.39 is 0 Å². The smallest absolute Gasteiger partial charge is 0.0986 e. The van der Waals surface area contributed by atoms with Gasteiger partial charge in [0, 0.05) is 23.5 Å². The summed E-state index contributed by atoms with van der Waals surface area (Å²) in [6.07, 6.45) is 1.13. The topological polar surface area (TPSA) is 29.9 Å². The first-order chi connectivity index (χ1) is 9.60. The first-order valence-corrected chi connectivity index (χ1v) is 7.97. The van der Waals surface area contributed by atoms with Crippen LogP contribution in [0.3, 0.4) is 0 Å². The molecule has 0 radical (unpaired) electrons. The van der Waals surface area contributed by atoms with Crippen LogP contribution in [-0.4, -0.2) is 16.3 Å². The third-order valence-electron chi connectivity index (χ3n) is 2.95. The Morgan fingerprint density at radius 2 is 2.15 bits per heavy atom. The molecule has 0 fully saturated rings. The van der Waals surface area contributed by atoms with Crippen LogP contribution in [0, 0.1) is 6.92 Å². The predicted molar refractivity (Wildman–Crippen MR) is 85.5 cm³/mol. The summed E-state index contributed by atoms with van der Waals surface area (Å²) in [5.74, 6) is 0. The average molecular weight is 310 g/mol. The Morgan fingerprint density at radius 1 is 1.35 bits per heavy atom. The predicted octanol–water partition coefficient (Wildman–Crippen LogP) is 4.03. The van der Waals surface area contributed by atoms with E-state index in [1.807, 2.05) is 24.7 Å². The van der Waals surface area contributed by atoms with Crippen LogP contribution in [0.15, 0.2) is 34.2 Å². The number of rotatable bonds is 6. The highest BCUT2D eigenvalue weighted by atomic mass is 35.5. The van der Waals surface area contributed by atoms with Gasteiger partial charge in [-0.25, -0.2) is 0 Å². The van der Waals surface area contributed by atoms with Crippen molar-refractivity contribution in [2.75, 3.05) is 6.54 Å². The van der Waals surface area contributed by atoms with Gasteiger partial charge in [0.25, 0.3) is 0 Å². The molecule has 0 aliphatic carbocycles. The van der Waals surface area contributed by atoms with Crippen LogP contribution in [0.4, 0.5) is 0 Å². The lowest BCUT2D eigenvalue weighted by Crippen LogP contribution is -2.13. The van der Waals surface area contributed by atoms with Gasteiger partial charge in [0.1, 0.15) is 0 Å². The molecular formula is C15H20ClN3S. The fourth-order valence-corrected chi connectivity index (χ4v) is 3.21. The highest BCUT2D eigenvalue weighted by molar-refractivity contribution is 7.99. The molecule has 20 heavy (non-hydrogen) atoms. The summed E-state index contributed by atoms with van der Waals surface area (Å²) in [6, 6.07) is 8.31. The average Bonchev–Trinajstić information content (AvgIpc) is 2.71. The molecule has 0 amide bonds. The summed E-state index contributed by atoms with van der Waals surface area (Å²) < 4.78 is 1.89. The molecule has 1 N–H and O–H groups in total. The van der Waals surface area contributed by atoms with Gasteiger partial charge in [-0.1, -0.05) is 36.4 Å². The summed E-state index contributed by atoms with van der Waals surface area (Å²) in [5.41, 5.74) is 2.17. The molecule has 1 heterocycles. The zero-order chi connectivity index (χ0) is 14.5. The molecule has 108 valence electrons. The molecule has 0 atom stereocenters. The van der Waals surface area contributed by atoms with Crippen molar-refractivity contribution in [2.45, 2.75) is 36.7 Å². The second-order valence-electron chi connectivity index (χ2n) is 4.78. The Labute approximate surface area is 129 Å². The summed E-state index contributed by atoms with van der Waals surface area (Å²) in [4.78, 5) is 1.14. The summed E-state index contributed by atoms with van der Waals surface area (Å²) in [6.45, 7) is 5.99. The number of nitrogens with one attached hydrogen (secondary N) is 1. The lowest BCUT2D eigenvalue weighted by molar-refractivity contribution is 0.675. The molecule has 3 nitrogen and oxygen atoms in total. The molecule has 2 rings (SSSR count). The quantitative estimate of drug-likeness (QED) is 0.817. The molecule has 0 aliphatic heterocycles. The largest absolute Gasteiger partial charge is 0.313 e. The van der Waals surface area contributed by atoms with Crippen molar-refractivity contribution in [1.82, 2.24) is 15.1 Å².